The van der Waals surface area contributed by atoms with Gasteiger partial charge in [-0.05, 0) is 12.0 Å². The Bertz CT molecular complexity index is 310. The molecule has 1 aliphatic heterocycles. The molecule has 1 aromatic rings. The largest absolute Gasteiger partial charge is 0.313 e. The highest BCUT2D eigenvalue weighted by molar-refractivity contribution is 5.23. The molecule has 3 heteroatoms. The molecule has 0 radical (unpaired) electrons. The zero-order valence-electron chi connectivity index (χ0n) is 8.89. The predicted molar refractivity (Wildman–Crippen MR) is 63.1 cm³/mol. The van der Waals surface area contributed by atoms with Crippen molar-refractivity contribution in [3.05, 3.63) is 35.9 Å². The van der Waals surface area contributed by atoms with Crippen LogP contribution in [0, 0.1) is 0 Å². The van der Waals surface area contributed by atoms with E-state index < -0.39 is 0 Å². The summed E-state index contributed by atoms with van der Waals surface area (Å²) < 4.78 is 0. The Morgan fingerprint density at radius 3 is 2.93 bits per heavy atom. The van der Waals surface area contributed by atoms with Gasteiger partial charge in [0.1, 0.15) is 0 Å². The summed E-state index contributed by atoms with van der Waals surface area (Å²) >= 11 is 0. The van der Waals surface area contributed by atoms with Gasteiger partial charge >= 0.3 is 0 Å². The molecule has 15 heavy (non-hydrogen) atoms. The van der Waals surface area contributed by atoms with Gasteiger partial charge in [-0.2, -0.15) is 5.10 Å². The summed E-state index contributed by atoms with van der Waals surface area (Å²) in [6.07, 6.45) is 1.03. The molecule has 0 aliphatic carbocycles. The van der Waals surface area contributed by atoms with Crippen molar-refractivity contribution in [2.75, 3.05) is 19.6 Å². The highest BCUT2D eigenvalue weighted by Gasteiger charge is 2.19. The number of nitrogens with zero attached hydrogens (tertiary/aromatic N) is 2. The first-order valence-corrected chi connectivity index (χ1v) is 5.38. The topological polar surface area (TPSA) is 27.6 Å². The van der Waals surface area contributed by atoms with E-state index in [1.807, 2.05) is 6.07 Å². The van der Waals surface area contributed by atoms with Crippen molar-refractivity contribution in [2.24, 2.45) is 5.10 Å². The van der Waals surface area contributed by atoms with Gasteiger partial charge in [0.2, 0.25) is 0 Å². The van der Waals surface area contributed by atoms with Crippen LogP contribution in [0.5, 0.6) is 0 Å². The van der Waals surface area contributed by atoms with Gasteiger partial charge < -0.3 is 5.32 Å². The average Bonchev–Trinajstić information content (AvgIpc) is 2.31. The Kier molecular flexibility index (Phi) is 3.35. The number of nitrogens with one attached hydrogen (secondary N) is 1. The van der Waals surface area contributed by atoms with Crippen LogP contribution in [0.1, 0.15) is 5.56 Å². The molecule has 0 bridgehead atoms. The number of hydrazone groups is 1. The van der Waals surface area contributed by atoms with Crippen LogP contribution in [-0.2, 0) is 6.42 Å². The van der Waals surface area contributed by atoms with Crippen molar-refractivity contribution in [3.8, 4) is 0 Å². The maximum absolute atomic E-state index is 4.07. The Labute approximate surface area is 90.8 Å². The lowest BCUT2D eigenvalue weighted by Gasteiger charge is -2.33. The molecule has 1 fully saturated rings. The maximum Gasteiger partial charge on any atom is 0.0635 e. The third kappa shape index (κ3) is 2.57. The van der Waals surface area contributed by atoms with E-state index in [1.54, 1.807) is 0 Å². The molecule has 1 unspecified atom stereocenters. The van der Waals surface area contributed by atoms with Gasteiger partial charge in [0.15, 0.2) is 0 Å². The zero-order chi connectivity index (χ0) is 10.5. The van der Waals surface area contributed by atoms with E-state index >= 15 is 0 Å². The van der Waals surface area contributed by atoms with Crippen LogP contribution < -0.4 is 5.32 Å². The fourth-order valence-corrected chi connectivity index (χ4v) is 2.00. The number of hydrogen-bond donors (Lipinski definition) is 1. The van der Waals surface area contributed by atoms with Crippen LogP contribution in [0.4, 0.5) is 0 Å². The molecule has 1 aliphatic rings. The van der Waals surface area contributed by atoms with Crippen LogP contribution in [0.15, 0.2) is 35.4 Å². The van der Waals surface area contributed by atoms with Crippen molar-refractivity contribution in [1.29, 1.82) is 0 Å². The summed E-state index contributed by atoms with van der Waals surface area (Å²) in [7, 11) is 0. The first kappa shape index (κ1) is 10.2. The molecule has 1 N–H and O–H groups in total. The second kappa shape index (κ2) is 4.94. The highest BCUT2D eigenvalue weighted by Crippen LogP contribution is 2.10. The molecule has 0 amide bonds. The molecule has 1 aromatic carbocycles. The lowest BCUT2D eigenvalue weighted by atomic mass is 10.0. The molecule has 80 valence electrons. The van der Waals surface area contributed by atoms with Crippen molar-refractivity contribution in [2.45, 2.75) is 12.5 Å². The molecule has 1 saturated heterocycles. The number of hydrogen-bond acceptors (Lipinski definition) is 3. The van der Waals surface area contributed by atoms with Crippen LogP contribution >= 0.6 is 0 Å². The molecule has 1 heterocycles. The summed E-state index contributed by atoms with van der Waals surface area (Å²) in [6, 6.07) is 11.0. The van der Waals surface area contributed by atoms with Gasteiger partial charge in [0.25, 0.3) is 0 Å². The Hall–Kier alpha value is -1.35. The van der Waals surface area contributed by atoms with Crippen LogP contribution in [0.2, 0.25) is 0 Å². The number of piperazine rings is 1. The standard InChI is InChI=1S/C12H17N3/c1-13-15-8-7-14-10-12(15)9-11-5-3-2-4-6-11/h2-6,12,14H,1,7-10H2. The zero-order valence-corrected chi connectivity index (χ0v) is 8.89. The maximum atomic E-state index is 4.07. The Balaban J connectivity index is 2.00. The van der Waals surface area contributed by atoms with Crippen molar-refractivity contribution >= 4 is 6.72 Å². The van der Waals surface area contributed by atoms with Gasteiger partial charge in [-0.25, -0.2) is 0 Å². The van der Waals surface area contributed by atoms with E-state index in [9.17, 15) is 0 Å². The van der Waals surface area contributed by atoms with Gasteiger partial charge in [-0.15, -0.1) is 0 Å². The third-order valence-corrected chi connectivity index (χ3v) is 2.81. The van der Waals surface area contributed by atoms with E-state index in [0.717, 1.165) is 26.1 Å². The minimum atomic E-state index is 0.443. The van der Waals surface area contributed by atoms with Crippen LogP contribution in [-0.4, -0.2) is 37.4 Å². The van der Waals surface area contributed by atoms with E-state index in [-0.39, 0.29) is 0 Å². The summed E-state index contributed by atoms with van der Waals surface area (Å²) in [5.74, 6) is 0. The Morgan fingerprint density at radius 2 is 2.20 bits per heavy atom. The van der Waals surface area contributed by atoms with E-state index in [1.165, 1.54) is 5.56 Å². The molecule has 0 saturated carbocycles. The Morgan fingerprint density at radius 1 is 1.40 bits per heavy atom. The number of rotatable bonds is 3. The molecule has 0 aromatic heterocycles. The quantitative estimate of drug-likeness (QED) is 0.745. The van der Waals surface area contributed by atoms with Crippen LogP contribution in [0.25, 0.3) is 0 Å². The smallest absolute Gasteiger partial charge is 0.0635 e. The predicted octanol–water partition coefficient (Wildman–Crippen LogP) is 1.12. The van der Waals surface area contributed by atoms with Crippen molar-refractivity contribution < 1.29 is 0 Å². The lowest BCUT2D eigenvalue weighted by molar-refractivity contribution is 0.169. The van der Waals surface area contributed by atoms with E-state index in [0.29, 0.717) is 6.04 Å². The molecule has 3 nitrogen and oxygen atoms in total. The highest BCUT2D eigenvalue weighted by atomic mass is 15.5. The summed E-state index contributed by atoms with van der Waals surface area (Å²) in [5.41, 5.74) is 1.36. The first-order valence-electron chi connectivity index (χ1n) is 5.38. The second-order valence-electron chi connectivity index (χ2n) is 3.85. The summed E-state index contributed by atoms with van der Waals surface area (Å²) in [4.78, 5) is 0. The van der Waals surface area contributed by atoms with Crippen molar-refractivity contribution in [3.63, 3.8) is 0 Å². The average molecular weight is 203 g/mol. The third-order valence-electron chi connectivity index (χ3n) is 2.81. The van der Waals surface area contributed by atoms with Gasteiger partial charge in [0.05, 0.1) is 6.04 Å². The fourth-order valence-electron chi connectivity index (χ4n) is 2.00. The fraction of sp³-hybridized carbons (Fsp3) is 0.417. The minimum Gasteiger partial charge on any atom is -0.313 e. The van der Waals surface area contributed by atoms with Gasteiger partial charge in [-0.3, -0.25) is 5.01 Å². The molecule has 1 atom stereocenters. The van der Waals surface area contributed by atoms with Crippen molar-refractivity contribution in [1.82, 2.24) is 10.3 Å². The van der Waals surface area contributed by atoms with Gasteiger partial charge in [-0.1, -0.05) is 30.3 Å². The molecule has 2 rings (SSSR count). The number of benzene rings is 1. The summed E-state index contributed by atoms with van der Waals surface area (Å²) in [6.45, 7) is 6.58. The van der Waals surface area contributed by atoms with Crippen LogP contribution in [0.3, 0.4) is 0 Å². The second-order valence-corrected chi connectivity index (χ2v) is 3.85. The SMILES string of the molecule is C=NN1CCNCC1Cc1ccccc1. The van der Waals surface area contributed by atoms with E-state index in [4.69, 9.17) is 0 Å². The normalized spacial score (nSPS) is 21.3. The minimum absolute atomic E-state index is 0.443. The molecule has 0 spiro atoms. The molecular formula is C12H17N3. The van der Waals surface area contributed by atoms with E-state index in [2.05, 4.69) is 46.4 Å². The summed E-state index contributed by atoms with van der Waals surface area (Å²) in [5, 5.41) is 9.55. The first-order chi connectivity index (χ1) is 7.40. The molecular weight excluding hydrogens is 186 g/mol. The van der Waals surface area contributed by atoms with Gasteiger partial charge in [0, 0.05) is 26.4 Å². The monoisotopic (exact) mass is 203 g/mol. The lowest BCUT2D eigenvalue weighted by Crippen LogP contribution is -2.49.